The molecule has 2 aliphatic rings. The van der Waals surface area contributed by atoms with E-state index in [0.29, 0.717) is 95.6 Å². The zero-order chi connectivity index (χ0) is 58.6. The molecular formula is C70H76F2O10S2. The van der Waals surface area contributed by atoms with E-state index in [1.807, 2.05) is 36.4 Å². The summed E-state index contributed by atoms with van der Waals surface area (Å²) in [4.78, 5) is 53.0. The molecule has 84 heavy (non-hydrogen) atoms. The van der Waals surface area contributed by atoms with Gasteiger partial charge in [0.15, 0.2) is 11.5 Å². The van der Waals surface area contributed by atoms with E-state index in [4.69, 9.17) is 28.4 Å². The van der Waals surface area contributed by atoms with E-state index in [-0.39, 0.29) is 47.3 Å². The standard InChI is InChI=1S/C70H76F2O10S2/c1-3-63(73)79-43-15-11-7-5-9-13-41-77-57-37-29-49(30-38-57)47-17-21-53(22-18-47)69(75)81-65-59-45-61(51-25-33-55(71)34-26-51)84-68(59)66(60-46-62(83-67(60)65)52-27-35-56(72)36-28-52)82-70(76)54-23-19-48(20-24-54)50-31-39-58(40-32-50)78-42-14-10-6-8-12-16-44-80-64(74)4-2/h3-4,25-40,45-48,53-54H,1-2,5-24,41-44H2. The van der Waals surface area contributed by atoms with Gasteiger partial charge in [-0.1, -0.05) is 113 Å². The van der Waals surface area contributed by atoms with Crippen LogP contribution in [-0.2, 0) is 28.7 Å². The summed E-state index contributed by atoms with van der Waals surface area (Å²) in [6, 6.07) is 33.1. The molecule has 2 aromatic heterocycles. The molecule has 14 heteroatoms. The SMILES string of the molecule is C=CC(=O)OCCCCCCCCOc1ccc(C2CCC(C(=O)Oc3c4cc(-c5ccc(F)cc5)sc4c(OC(=O)C4CCC(c5ccc(OCCCCCCCCOC(=O)C=C)cc5)CC4)c4cc(-c5ccc(F)cc5)sc34)CC2)cc1. The maximum Gasteiger partial charge on any atom is 0.330 e. The van der Waals surface area contributed by atoms with Crippen LogP contribution in [0.4, 0.5) is 8.78 Å². The highest BCUT2D eigenvalue weighted by molar-refractivity contribution is 7.24. The number of hydrogen-bond donors (Lipinski definition) is 0. The minimum absolute atomic E-state index is 0.293. The first-order valence-electron chi connectivity index (χ1n) is 30.1. The van der Waals surface area contributed by atoms with Crippen LogP contribution in [0, 0.1) is 23.5 Å². The van der Waals surface area contributed by atoms with Gasteiger partial charge in [0.2, 0.25) is 0 Å². The minimum atomic E-state index is -0.374. The van der Waals surface area contributed by atoms with Crippen LogP contribution in [0.5, 0.6) is 23.0 Å². The summed E-state index contributed by atoms with van der Waals surface area (Å²) < 4.78 is 65.3. The third kappa shape index (κ3) is 17.0. The largest absolute Gasteiger partial charge is 0.494 e. The summed E-state index contributed by atoms with van der Waals surface area (Å²) in [6.07, 6.45) is 20.5. The first-order chi connectivity index (χ1) is 41.0. The summed E-state index contributed by atoms with van der Waals surface area (Å²) >= 11 is 2.82. The third-order valence-electron chi connectivity index (χ3n) is 16.3. The average Bonchev–Trinajstić information content (AvgIpc) is 1.92. The van der Waals surface area contributed by atoms with Crippen LogP contribution in [0.2, 0.25) is 0 Å². The van der Waals surface area contributed by atoms with Gasteiger partial charge in [0.05, 0.1) is 47.7 Å². The fourth-order valence-electron chi connectivity index (χ4n) is 11.4. The molecule has 0 saturated heterocycles. The number of fused-ring (bicyclic) bond motifs is 2. The van der Waals surface area contributed by atoms with Crippen molar-refractivity contribution < 1.29 is 56.4 Å². The number of unbranched alkanes of at least 4 members (excludes halogenated alkanes) is 10. The van der Waals surface area contributed by atoms with Crippen molar-refractivity contribution in [3.63, 3.8) is 0 Å². The van der Waals surface area contributed by atoms with E-state index in [2.05, 4.69) is 37.4 Å². The molecule has 9 rings (SSSR count). The van der Waals surface area contributed by atoms with Crippen molar-refractivity contribution >= 4 is 66.7 Å². The molecule has 0 radical (unpaired) electrons. The monoisotopic (exact) mass is 1180 g/mol. The van der Waals surface area contributed by atoms with Gasteiger partial charge < -0.3 is 28.4 Å². The maximum absolute atomic E-state index is 14.5. The van der Waals surface area contributed by atoms with Gasteiger partial charge in [-0.2, -0.15) is 0 Å². The molecule has 0 amide bonds. The highest BCUT2D eigenvalue weighted by Gasteiger charge is 2.34. The zero-order valence-electron chi connectivity index (χ0n) is 47.9. The average molecular weight is 1180 g/mol. The second-order valence-electron chi connectivity index (χ2n) is 22.1. The Hall–Kier alpha value is -7.16. The van der Waals surface area contributed by atoms with Crippen molar-refractivity contribution in [2.45, 2.75) is 140 Å². The van der Waals surface area contributed by atoms with E-state index in [0.717, 1.165) is 135 Å². The zero-order valence-corrected chi connectivity index (χ0v) is 49.5. The highest BCUT2D eigenvalue weighted by atomic mass is 32.1. The van der Waals surface area contributed by atoms with Gasteiger partial charge in [-0.25, -0.2) is 18.4 Å². The Bertz CT molecular complexity index is 3020. The molecule has 7 aromatic rings. The van der Waals surface area contributed by atoms with Gasteiger partial charge in [0.1, 0.15) is 23.1 Å². The molecule has 2 aliphatic carbocycles. The number of rotatable bonds is 30. The molecule has 10 nitrogen and oxygen atoms in total. The fraction of sp³-hybridized carbons (Fsp3) is 0.400. The van der Waals surface area contributed by atoms with Crippen molar-refractivity contribution in [2.24, 2.45) is 11.8 Å². The van der Waals surface area contributed by atoms with Crippen LogP contribution < -0.4 is 18.9 Å². The van der Waals surface area contributed by atoms with Crippen LogP contribution in [0.15, 0.2) is 135 Å². The Morgan fingerprint density at radius 1 is 0.440 bits per heavy atom. The smallest absolute Gasteiger partial charge is 0.330 e. The van der Waals surface area contributed by atoms with Gasteiger partial charge in [0.25, 0.3) is 0 Å². The Balaban J connectivity index is 0.834. The van der Waals surface area contributed by atoms with E-state index in [1.165, 1.54) is 70.2 Å². The number of esters is 4. The van der Waals surface area contributed by atoms with Gasteiger partial charge >= 0.3 is 23.9 Å². The lowest BCUT2D eigenvalue weighted by Gasteiger charge is -2.28. The van der Waals surface area contributed by atoms with Crippen LogP contribution in [0.25, 0.3) is 41.1 Å². The Labute approximate surface area is 500 Å². The van der Waals surface area contributed by atoms with Gasteiger partial charge in [0, 0.05) is 32.7 Å². The molecule has 0 unspecified atom stereocenters. The molecule has 0 N–H and O–H groups in total. The van der Waals surface area contributed by atoms with Crippen molar-refractivity contribution in [2.75, 3.05) is 26.4 Å². The molecule has 2 heterocycles. The number of carbonyl (C=O) groups excluding carboxylic acids is 4. The Kier molecular flexibility index (Phi) is 22.7. The summed E-state index contributed by atoms with van der Waals surface area (Å²) in [6.45, 7) is 9.00. The van der Waals surface area contributed by atoms with E-state index in [1.54, 1.807) is 24.3 Å². The molecule has 2 fully saturated rings. The second kappa shape index (κ2) is 31.1. The lowest BCUT2D eigenvalue weighted by Crippen LogP contribution is -2.25. The molecule has 0 aliphatic heterocycles. The first kappa shape index (κ1) is 61.4. The second-order valence-corrected chi connectivity index (χ2v) is 24.2. The van der Waals surface area contributed by atoms with Crippen LogP contribution in [-0.4, -0.2) is 50.3 Å². The number of halogens is 2. The minimum Gasteiger partial charge on any atom is -0.494 e. The molecular weight excluding hydrogens is 1100 g/mol. The number of thiophene rings is 2. The van der Waals surface area contributed by atoms with Crippen molar-refractivity contribution in [1.82, 2.24) is 0 Å². The topological polar surface area (TPSA) is 124 Å². The lowest BCUT2D eigenvalue weighted by molar-refractivity contribution is -0.140. The van der Waals surface area contributed by atoms with Crippen LogP contribution >= 0.6 is 22.7 Å². The molecule has 2 saturated carbocycles. The van der Waals surface area contributed by atoms with Gasteiger partial charge in [-0.3, -0.25) is 9.59 Å². The summed E-state index contributed by atoms with van der Waals surface area (Å²) in [5.41, 5.74) is 3.99. The van der Waals surface area contributed by atoms with Crippen molar-refractivity contribution in [3.8, 4) is 43.9 Å². The van der Waals surface area contributed by atoms with Crippen LogP contribution in [0.1, 0.15) is 151 Å². The molecule has 5 aromatic carbocycles. The Morgan fingerprint density at radius 3 is 1.12 bits per heavy atom. The normalized spacial score (nSPS) is 16.9. The number of hydrogen-bond acceptors (Lipinski definition) is 12. The van der Waals surface area contributed by atoms with Gasteiger partial charge in [-0.05, 0) is 172 Å². The lowest BCUT2D eigenvalue weighted by atomic mass is 9.79. The third-order valence-corrected chi connectivity index (χ3v) is 18.7. The van der Waals surface area contributed by atoms with E-state index in [9.17, 15) is 28.0 Å². The molecule has 0 spiro atoms. The van der Waals surface area contributed by atoms with Gasteiger partial charge in [-0.15, -0.1) is 22.7 Å². The quantitative estimate of drug-likeness (QED) is 0.0186. The maximum atomic E-state index is 14.5. The summed E-state index contributed by atoms with van der Waals surface area (Å²) in [7, 11) is 0. The van der Waals surface area contributed by atoms with E-state index < -0.39 is 0 Å². The van der Waals surface area contributed by atoms with Crippen molar-refractivity contribution in [3.05, 3.63) is 157 Å². The van der Waals surface area contributed by atoms with Crippen molar-refractivity contribution in [1.29, 1.82) is 0 Å². The molecule has 0 bridgehead atoms. The number of ether oxygens (including phenoxy) is 6. The summed E-state index contributed by atoms with van der Waals surface area (Å²) in [5.74, 6) is 0.287. The number of benzene rings is 5. The first-order valence-corrected chi connectivity index (χ1v) is 31.7. The molecule has 0 atom stereocenters. The number of carbonyl (C=O) groups is 4. The predicted molar refractivity (Wildman–Crippen MR) is 330 cm³/mol. The Morgan fingerprint density at radius 2 is 0.774 bits per heavy atom. The van der Waals surface area contributed by atoms with E-state index >= 15 is 0 Å². The van der Waals surface area contributed by atoms with Crippen LogP contribution in [0.3, 0.4) is 0 Å². The fourth-order valence-corrected chi connectivity index (χ4v) is 13.8. The summed E-state index contributed by atoms with van der Waals surface area (Å²) in [5, 5.41) is 1.25. The highest BCUT2D eigenvalue weighted by Crippen LogP contribution is 2.53. The predicted octanol–water partition coefficient (Wildman–Crippen LogP) is 18.4. The molecule has 442 valence electrons.